The van der Waals surface area contributed by atoms with Crippen molar-refractivity contribution in [2.45, 2.75) is 52.0 Å². The molecule has 0 fully saturated rings. The molecule has 2 aromatic heterocycles. The number of thioether (sulfide) groups is 1. The van der Waals surface area contributed by atoms with Gasteiger partial charge < -0.3 is 16.4 Å². The number of nitrogens with one attached hydrogen (secondary N) is 4. The number of aromatic nitrogens is 3. The Morgan fingerprint density at radius 2 is 1.93 bits per heavy atom. The molecular formula is C31H36F2N8O3S. The molecule has 0 saturated heterocycles. The molecule has 3 aromatic rings. The quantitative estimate of drug-likeness (QED) is 0.121. The van der Waals surface area contributed by atoms with Gasteiger partial charge in [0, 0.05) is 26.2 Å². The van der Waals surface area contributed by atoms with Crippen molar-refractivity contribution in [3.63, 3.8) is 0 Å². The Bertz CT molecular complexity index is 1650. The Labute approximate surface area is 263 Å². The van der Waals surface area contributed by atoms with Crippen LogP contribution in [0.4, 0.5) is 20.3 Å². The van der Waals surface area contributed by atoms with Crippen LogP contribution >= 0.6 is 11.8 Å². The van der Waals surface area contributed by atoms with E-state index in [4.69, 9.17) is 16.6 Å². The van der Waals surface area contributed by atoms with Gasteiger partial charge in [-0.15, -0.1) is 0 Å². The summed E-state index contributed by atoms with van der Waals surface area (Å²) in [5.74, 6) is -0.768. The van der Waals surface area contributed by atoms with E-state index in [-0.39, 0.29) is 17.8 Å². The van der Waals surface area contributed by atoms with E-state index < -0.39 is 33.3 Å². The lowest BCUT2D eigenvalue weighted by Crippen LogP contribution is -2.37. The maximum Gasteiger partial charge on any atom is 0.277 e. The summed E-state index contributed by atoms with van der Waals surface area (Å²) in [6.07, 6.45) is 9.75. The number of aryl methyl sites for hydroxylation is 2. The van der Waals surface area contributed by atoms with E-state index in [0.717, 1.165) is 48.1 Å². The minimum atomic E-state index is -0.883. The standard InChI is InChI=1S/C22H30N6O2.C9H6F2N2OS/c1-4-5-6-15(10-16-12-25-19(23)9-14(16)2)11-27-21(29)18-7-8-20-26-13-17(24-3)22(30)28(18)20;10-5-2-1-3-6(11)8(5)9(13)15-7(12)4-14/h9-10,12-13,18,24H,4-8,11H2,1-3H3,(H2,23,25)(H,27,29);1-4,12-13H/b15-10+;. The van der Waals surface area contributed by atoms with Crippen LogP contribution in [-0.4, -0.2) is 50.4 Å². The average molecular weight is 639 g/mol. The summed E-state index contributed by atoms with van der Waals surface area (Å²) >= 11 is 0.400. The van der Waals surface area contributed by atoms with Crippen molar-refractivity contribution in [1.29, 1.82) is 10.8 Å². The highest BCUT2D eigenvalue weighted by Gasteiger charge is 2.31. The molecule has 4 rings (SSSR count). The van der Waals surface area contributed by atoms with E-state index in [9.17, 15) is 23.2 Å². The van der Waals surface area contributed by atoms with Gasteiger partial charge in [0.1, 0.15) is 45.1 Å². The van der Waals surface area contributed by atoms with Crippen LogP contribution < -0.4 is 21.9 Å². The Morgan fingerprint density at radius 1 is 1.22 bits per heavy atom. The molecule has 0 bridgehead atoms. The van der Waals surface area contributed by atoms with Crippen LogP contribution in [0.15, 0.2) is 47.0 Å². The molecule has 6 N–H and O–H groups in total. The number of fused-ring (bicyclic) bond motifs is 1. The fourth-order valence-electron chi connectivity index (χ4n) is 4.62. The van der Waals surface area contributed by atoms with E-state index in [1.807, 2.05) is 13.0 Å². The molecular weight excluding hydrogens is 602 g/mol. The van der Waals surface area contributed by atoms with Gasteiger partial charge >= 0.3 is 0 Å². The van der Waals surface area contributed by atoms with Crippen LogP contribution in [0.1, 0.15) is 61.2 Å². The second-order valence-corrected chi connectivity index (χ2v) is 11.2. The van der Waals surface area contributed by atoms with Crippen LogP contribution in [0, 0.1) is 29.4 Å². The maximum atomic E-state index is 13.1. The van der Waals surface area contributed by atoms with Crippen LogP contribution in [0.2, 0.25) is 0 Å². The molecule has 0 radical (unpaired) electrons. The number of hydrogen-bond donors (Lipinski definition) is 5. The molecule has 45 heavy (non-hydrogen) atoms. The Morgan fingerprint density at radius 3 is 2.56 bits per heavy atom. The topological polar surface area (TPSA) is 180 Å². The first-order valence-corrected chi connectivity index (χ1v) is 15.0. The number of unbranched alkanes of at least 4 members (excludes halogenated alkanes) is 1. The summed E-state index contributed by atoms with van der Waals surface area (Å²) in [4.78, 5) is 44.2. The number of pyridine rings is 1. The number of nitrogens with zero attached hydrogens (tertiary/aromatic N) is 3. The zero-order chi connectivity index (χ0) is 33.1. The van der Waals surface area contributed by atoms with Crippen molar-refractivity contribution in [2.24, 2.45) is 0 Å². The summed E-state index contributed by atoms with van der Waals surface area (Å²) in [6.45, 7) is 4.57. The number of carbonyl (C=O) groups excluding carboxylic acids is 2. The third-order valence-electron chi connectivity index (χ3n) is 6.98. The van der Waals surface area contributed by atoms with E-state index in [2.05, 4.69) is 33.6 Å². The zero-order valence-electron chi connectivity index (χ0n) is 25.2. The minimum absolute atomic E-state index is 0.152. The van der Waals surface area contributed by atoms with Gasteiger partial charge in [0.25, 0.3) is 5.56 Å². The van der Waals surface area contributed by atoms with E-state index in [1.165, 1.54) is 16.8 Å². The van der Waals surface area contributed by atoms with E-state index in [0.29, 0.717) is 48.5 Å². The number of rotatable bonds is 10. The molecule has 14 heteroatoms. The van der Waals surface area contributed by atoms with Crippen molar-refractivity contribution in [1.82, 2.24) is 19.9 Å². The Hall–Kier alpha value is -4.72. The number of carbonyl (C=O) groups is 2. The summed E-state index contributed by atoms with van der Waals surface area (Å²) < 4.78 is 27.7. The molecule has 0 saturated carbocycles. The molecule has 3 heterocycles. The van der Waals surface area contributed by atoms with Gasteiger partial charge in [-0.3, -0.25) is 29.8 Å². The smallest absolute Gasteiger partial charge is 0.277 e. The van der Waals surface area contributed by atoms with Crippen molar-refractivity contribution < 1.29 is 18.4 Å². The summed E-state index contributed by atoms with van der Waals surface area (Å²) in [5, 5.41) is 19.2. The van der Waals surface area contributed by atoms with Crippen molar-refractivity contribution in [3.8, 4) is 0 Å². The van der Waals surface area contributed by atoms with Gasteiger partial charge in [0.2, 0.25) is 5.91 Å². The number of amides is 1. The van der Waals surface area contributed by atoms with Crippen molar-refractivity contribution in [2.75, 3.05) is 24.6 Å². The molecule has 0 spiro atoms. The first-order chi connectivity index (χ1) is 21.5. The SMILES string of the molecule is CCCC/C(=C\c1cnc(N)cc1C)CNC(=O)C1CCc2ncc(NC)c(=O)n21.N=C(C=O)SC(=N)c1c(F)cccc1F. The highest BCUT2D eigenvalue weighted by Crippen LogP contribution is 2.24. The largest absolute Gasteiger partial charge is 0.384 e. The van der Waals surface area contributed by atoms with Crippen LogP contribution in [-0.2, 0) is 16.0 Å². The highest BCUT2D eigenvalue weighted by atomic mass is 32.2. The number of anilines is 2. The monoisotopic (exact) mass is 638 g/mol. The molecule has 11 nitrogen and oxygen atoms in total. The third-order valence-corrected chi connectivity index (χ3v) is 7.70. The van der Waals surface area contributed by atoms with Gasteiger partial charge in [-0.25, -0.2) is 18.7 Å². The Kier molecular flexibility index (Phi) is 12.7. The summed E-state index contributed by atoms with van der Waals surface area (Å²) in [6, 6.07) is 4.52. The number of nitrogens with two attached hydrogens (primary N) is 1. The minimum Gasteiger partial charge on any atom is -0.384 e. The summed E-state index contributed by atoms with van der Waals surface area (Å²) in [7, 11) is 1.67. The summed E-state index contributed by atoms with van der Waals surface area (Å²) in [5.41, 5.74) is 8.59. The predicted molar refractivity (Wildman–Crippen MR) is 174 cm³/mol. The average Bonchev–Trinajstić information content (AvgIpc) is 3.45. The first-order valence-electron chi connectivity index (χ1n) is 14.2. The molecule has 0 aliphatic carbocycles. The fourth-order valence-corrected chi connectivity index (χ4v) is 5.18. The van der Waals surface area contributed by atoms with Crippen LogP contribution in [0.3, 0.4) is 0 Å². The van der Waals surface area contributed by atoms with Crippen molar-refractivity contribution >= 4 is 51.6 Å². The number of halogens is 2. The fraction of sp³-hybridized carbons (Fsp3) is 0.323. The molecule has 1 unspecified atom stereocenters. The lowest BCUT2D eigenvalue weighted by Gasteiger charge is -2.16. The zero-order valence-corrected chi connectivity index (χ0v) is 26.1. The van der Waals surface area contributed by atoms with Crippen LogP contribution in [0.5, 0.6) is 0 Å². The number of hydrogen-bond acceptors (Lipinski definition) is 10. The number of aldehydes is 1. The van der Waals surface area contributed by atoms with Gasteiger partial charge in [-0.2, -0.15) is 0 Å². The van der Waals surface area contributed by atoms with Crippen molar-refractivity contribution in [3.05, 3.63) is 86.7 Å². The van der Waals surface area contributed by atoms with Crippen LogP contribution in [0.25, 0.3) is 6.08 Å². The first kappa shape index (κ1) is 34.8. The highest BCUT2D eigenvalue weighted by molar-refractivity contribution is 8.28. The second-order valence-electron chi connectivity index (χ2n) is 10.2. The third kappa shape index (κ3) is 9.14. The number of nitrogen functional groups attached to an aromatic ring is 1. The molecule has 1 aliphatic heterocycles. The molecule has 238 valence electrons. The van der Waals surface area contributed by atoms with Gasteiger partial charge in [0.15, 0.2) is 6.29 Å². The number of benzene rings is 1. The van der Waals surface area contributed by atoms with E-state index >= 15 is 0 Å². The Balaban J connectivity index is 0.000000309. The van der Waals surface area contributed by atoms with Gasteiger partial charge in [0.05, 0.1) is 11.8 Å². The lowest BCUT2D eigenvalue weighted by atomic mass is 10.0. The van der Waals surface area contributed by atoms with Gasteiger partial charge in [-0.05, 0) is 67.3 Å². The lowest BCUT2D eigenvalue weighted by molar-refractivity contribution is -0.124. The molecule has 1 aromatic carbocycles. The van der Waals surface area contributed by atoms with Gasteiger partial charge in [-0.1, -0.05) is 31.1 Å². The maximum absolute atomic E-state index is 13.1. The predicted octanol–water partition coefficient (Wildman–Crippen LogP) is 4.65. The normalized spacial score (nSPS) is 13.7. The molecule has 1 atom stereocenters. The molecule has 1 aliphatic rings. The van der Waals surface area contributed by atoms with E-state index in [1.54, 1.807) is 13.2 Å². The second kappa shape index (κ2) is 16.4. The molecule has 1 amide bonds.